The number of aliphatic hydroxyl groups is 3. The Morgan fingerprint density at radius 1 is 1.07 bits per heavy atom. The van der Waals surface area contributed by atoms with Gasteiger partial charge in [-0.15, -0.1) is 0 Å². The van der Waals surface area contributed by atoms with Crippen LogP contribution in [0.4, 0.5) is 0 Å². The lowest BCUT2D eigenvalue weighted by Gasteiger charge is -2.16. The number of hydrogen-bond donors (Lipinski definition) is 4. The molecule has 1 fully saturated rings. The van der Waals surface area contributed by atoms with Crippen molar-refractivity contribution in [3.63, 3.8) is 0 Å². The third kappa shape index (κ3) is 10.6. The van der Waals surface area contributed by atoms with Gasteiger partial charge in [0.1, 0.15) is 0 Å². The third-order valence-electron chi connectivity index (χ3n) is 4.51. The molecule has 158 valence electrons. The van der Waals surface area contributed by atoms with Gasteiger partial charge in [-0.3, -0.25) is 4.79 Å². The summed E-state index contributed by atoms with van der Waals surface area (Å²) in [4.78, 5) is 10.3. The minimum Gasteiger partial charge on any atom is -0.481 e. The summed E-state index contributed by atoms with van der Waals surface area (Å²) >= 11 is 0. The number of carboxylic acids is 1. The number of ether oxygens (including phenoxy) is 1. The highest BCUT2D eigenvalue weighted by molar-refractivity contribution is 5.66. The molecule has 1 heterocycles. The average Bonchev–Trinajstić information content (AvgIpc) is 3.04. The lowest BCUT2D eigenvalue weighted by atomic mass is 10.1. The van der Waals surface area contributed by atoms with E-state index >= 15 is 0 Å². The molecule has 1 aliphatic heterocycles. The maximum absolute atomic E-state index is 10.3. The van der Waals surface area contributed by atoms with Crippen LogP contribution in [-0.4, -0.2) is 56.9 Å². The fourth-order valence-corrected chi connectivity index (χ4v) is 2.90. The molecule has 1 saturated heterocycles. The van der Waals surface area contributed by atoms with Crippen LogP contribution in [0.2, 0.25) is 0 Å². The summed E-state index contributed by atoms with van der Waals surface area (Å²) in [5.74, 6) is -0.785. The van der Waals surface area contributed by atoms with E-state index in [1.54, 1.807) is 6.08 Å². The standard InChI is InChI=1S/C22H34O6/c1-2-20-19(25)16-21(28-20)18(24)15-14-17(23)12-10-8-6-4-3-5-7-9-11-13-22(26)27/h3-4,7-10,14-15,17-21,23-25H,2,5-6,11-13,16H2,1H3,(H,26,27)/b4-3-,9-7-,10-8-,15-14+/t17-,18-,19+,20-,21+/m1/s1. The number of rotatable bonds is 13. The van der Waals surface area contributed by atoms with Gasteiger partial charge in [0.2, 0.25) is 0 Å². The second-order valence-corrected chi connectivity index (χ2v) is 6.92. The van der Waals surface area contributed by atoms with Crippen molar-refractivity contribution in [1.29, 1.82) is 0 Å². The first-order valence-electron chi connectivity index (χ1n) is 9.98. The molecule has 0 spiro atoms. The second kappa shape index (κ2) is 14.3. The minimum atomic E-state index is -0.837. The zero-order valence-corrected chi connectivity index (χ0v) is 16.6. The largest absolute Gasteiger partial charge is 0.481 e. The van der Waals surface area contributed by atoms with E-state index in [2.05, 4.69) is 0 Å². The average molecular weight is 395 g/mol. The predicted octanol–water partition coefficient (Wildman–Crippen LogP) is 2.90. The molecule has 0 unspecified atom stereocenters. The van der Waals surface area contributed by atoms with E-state index in [0.717, 1.165) is 12.8 Å². The van der Waals surface area contributed by atoms with Crippen molar-refractivity contribution in [2.45, 2.75) is 82.4 Å². The Morgan fingerprint density at radius 3 is 2.32 bits per heavy atom. The highest BCUT2D eigenvalue weighted by atomic mass is 16.5. The van der Waals surface area contributed by atoms with Crippen LogP contribution in [0.1, 0.15) is 51.9 Å². The van der Waals surface area contributed by atoms with Crippen LogP contribution in [0.25, 0.3) is 0 Å². The molecule has 0 radical (unpaired) electrons. The number of hydrogen-bond acceptors (Lipinski definition) is 5. The van der Waals surface area contributed by atoms with Gasteiger partial charge in [-0.2, -0.15) is 0 Å². The van der Waals surface area contributed by atoms with Crippen molar-refractivity contribution in [2.75, 3.05) is 0 Å². The molecule has 1 rings (SSSR count). The summed E-state index contributed by atoms with van der Waals surface area (Å²) in [7, 11) is 0. The highest BCUT2D eigenvalue weighted by Crippen LogP contribution is 2.25. The molecule has 0 saturated carbocycles. The maximum atomic E-state index is 10.3. The van der Waals surface area contributed by atoms with E-state index in [9.17, 15) is 20.1 Å². The third-order valence-corrected chi connectivity index (χ3v) is 4.51. The van der Waals surface area contributed by atoms with Crippen LogP contribution in [0.3, 0.4) is 0 Å². The Kier molecular flexibility index (Phi) is 12.4. The Bertz CT molecular complexity index is 551. The molecule has 0 aromatic heterocycles. The van der Waals surface area contributed by atoms with Crippen molar-refractivity contribution < 1.29 is 30.0 Å². The van der Waals surface area contributed by atoms with E-state index in [1.807, 2.05) is 43.4 Å². The molecule has 4 N–H and O–H groups in total. The summed E-state index contributed by atoms with van der Waals surface area (Å²) < 4.78 is 5.61. The number of carbonyl (C=O) groups is 1. The van der Waals surface area contributed by atoms with E-state index in [1.165, 1.54) is 6.08 Å². The molecule has 0 aliphatic carbocycles. The summed E-state index contributed by atoms with van der Waals surface area (Å²) in [6.45, 7) is 1.93. The summed E-state index contributed by atoms with van der Waals surface area (Å²) in [5.41, 5.74) is 0. The van der Waals surface area contributed by atoms with Crippen LogP contribution >= 0.6 is 0 Å². The number of carboxylic acid groups (broad SMARTS) is 1. The van der Waals surface area contributed by atoms with Gasteiger partial charge in [0.05, 0.1) is 30.5 Å². The van der Waals surface area contributed by atoms with Crippen molar-refractivity contribution >= 4 is 5.97 Å². The fourth-order valence-electron chi connectivity index (χ4n) is 2.90. The van der Waals surface area contributed by atoms with Crippen LogP contribution < -0.4 is 0 Å². The molecule has 28 heavy (non-hydrogen) atoms. The molecule has 0 amide bonds. The first-order chi connectivity index (χ1) is 13.4. The quantitative estimate of drug-likeness (QED) is 0.358. The summed E-state index contributed by atoms with van der Waals surface area (Å²) in [5, 5.41) is 38.4. The van der Waals surface area contributed by atoms with Crippen molar-refractivity contribution in [1.82, 2.24) is 0 Å². The van der Waals surface area contributed by atoms with E-state index in [0.29, 0.717) is 25.7 Å². The first-order valence-corrected chi connectivity index (χ1v) is 9.98. The monoisotopic (exact) mass is 394 g/mol. The zero-order valence-electron chi connectivity index (χ0n) is 16.6. The predicted molar refractivity (Wildman–Crippen MR) is 109 cm³/mol. The fraction of sp³-hybridized carbons (Fsp3) is 0.591. The molecular weight excluding hydrogens is 360 g/mol. The number of allylic oxidation sites excluding steroid dienone is 5. The molecule has 6 nitrogen and oxygen atoms in total. The second-order valence-electron chi connectivity index (χ2n) is 6.92. The van der Waals surface area contributed by atoms with Crippen LogP contribution in [0, 0.1) is 0 Å². The minimum absolute atomic E-state index is 0.158. The lowest BCUT2D eigenvalue weighted by Crippen LogP contribution is -2.24. The van der Waals surface area contributed by atoms with Gasteiger partial charge in [0.25, 0.3) is 0 Å². The maximum Gasteiger partial charge on any atom is 0.303 e. The van der Waals surface area contributed by atoms with Gasteiger partial charge >= 0.3 is 5.97 Å². The molecule has 0 bridgehead atoms. The first kappa shape index (κ1) is 24.3. The Morgan fingerprint density at radius 2 is 1.71 bits per heavy atom. The van der Waals surface area contributed by atoms with E-state index in [-0.39, 0.29) is 12.5 Å². The lowest BCUT2D eigenvalue weighted by molar-refractivity contribution is -0.136. The van der Waals surface area contributed by atoms with Gasteiger partial charge in [-0.25, -0.2) is 0 Å². The normalized spacial score (nSPS) is 25.5. The van der Waals surface area contributed by atoms with Crippen LogP contribution in [-0.2, 0) is 9.53 Å². The summed E-state index contributed by atoms with van der Waals surface area (Å²) in [6, 6.07) is 0. The van der Waals surface area contributed by atoms with Gasteiger partial charge < -0.3 is 25.2 Å². The van der Waals surface area contributed by atoms with Crippen molar-refractivity contribution in [3.05, 3.63) is 48.6 Å². The number of aliphatic hydroxyl groups excluding tert-OH is 3. The molecule has 0 aromatic rings. The highest BCUT2D eigenvalue weighted by Gasteiger charge is 2.35. The molecule has 1 aliphatic rings. The molecular formula is C22H34O6. The molecule has 5 atom stereocenters. The van der Waals surface area contributed by atoms with Gasteiger partial charge in [-0.1, -0.05) is 55.5 Å². The summed E-state index contributed by atoms with van der Waals surface area (Å²) in [6.07, 6.45) is 15.9. The van der Waals surface area contributed by atoms with Crippen LogP contribution in [0.15, 0.2) is 48.6 Å². The van der Waals surface area contributed by atoms with Gasteiger partial charge in [0.15, 0.2) is 0 Å². The van der Waals surface area contributed by atoms with E-state index < -0.39 is 30.4 Å². The van der Waals surface area contributed by atoms with Crippen molar-refractivity contribution in [2.24, 2.45) is 0 Å². The SMILES string of the molecule is CC[C@H]1O[C@H]([C@H](O)/C=C/[C@H](O)C/C=C\C/C=C\C/C=C\CCC(=O)O)C[C@@H]1O. The van der Waals surface area contributed by atoms with Crippen molar-refractivity contribution in [3.8, 4) is 0 Å². The van der Waals surface area contributed by atoms with Gasteiger partial charge in [-0.05, 0) is 32.1 Å². The van der Waals surface area contributed by atoms with Crippen LogP contribution in [0.5, 0.6) is 0 Å². The Balaban J connectivity index is 2.16. The Labute approximate surface area is 167 Å². The Hall–Kier alpha value is -1.73. The topological polar surface area (TPSA) is 107 Å². The zero-order chi connectivity index (χ0) is 20.8. The molecule has 6 heteroatoms. The number of aliphatic carboxylic acids is 1. The van der Waals surface area contributed by atoms with Gasteiger partial charge in [0, 0.05) is 12.8 Å². The van der Waals surface area contributed by atoms with E-state index in [4.69, 9.17) is 9.84 Å². The molecule has 0 aromatic carbocycles. The smallest absolute Gasteiger partial charge is 0.303 e.